The maximum Gasteiger partial charge on any atom is 0.274 e. The number of amides is 1. The van der Waals surface area contributed by atoms with Gasteiger partial charge in [-0.05, 0) is 38.3 Å². The molecule has 0 saturated heterocycles. The van der Waals surface area contributed by atoms with E-state index in [1.54, 1.807) is 0 Å². The zero-order valence-electron chi connectivity index (χ0n) is 12.8. The minimum atomic E-state index is -0.196. The van der Waals surface area contributed by atoms with Crippen LogP contribution < -0.4 is 10.1 Å². The molecule has 6 heteroatoms. The highest BCUT2D eigenvalue weighted by molar-refractivity contribution is 5.93. The number of nitrogens with one attached hydrogen (secondary N) is 2. The monoisotopic (exact) mass is 300 g/mol. The van der Waals surface area contributed by atoms with Crippen molar-refractivity contribution in [2.75, 3.05) is 6.61 Å². The van der Waals surface area contributed by atoms with Crippen LogP contribution in [0.5, 0.6) is 5.75 Å². The van der Waals surface area contributed by atoms with E-state index >= 15 is 0 Å². The fourth-order valence-electron chi connectivity index (χ4n) is 2.40. The van der Waals surface area contributed by atoms with Crippen molar-refractivity contribution in [2.45, 2.75) is 39.2 Å². The van der Waals surface area contributed by atoms with E-state index in [1.165, 1.54) is 0 Å². The second kappa shape index (κ2) is 6.17. The number of H-pyrrole nitrogens is 1. The van der Waals surface area contributed by atoms with Crippen molar-refractivity contribution in [3.05, 3.63) is 40.7 Å². The van der Waals surface area contributed by atoms with Gasteiger partial charge in [0, 0.05) is 18.0 Å². The van der Waals surface area contributed by atoms with Crippen LogP contribution >= 0.6 is 0 Å². The van der Waals surface area contributed by atoms with Gasteiger partial charge in [-0.25, -0.2) is 0 Å². The van der Waals surface area contributed by atoms with Crippen LogP contribution in [0.1, 0.15) is 53.0 Å². The molecule has 0 bridgehead atoms. The number of rotatable bonds is 6. The first-order valence-corrected chi connectivity index (χ1v) is 7.60. The van der Waals surface area contributed by atoms with Gasteiger partial charge < -0.3 is 10.1 Å². The number of hydrogen-bond donors (Lipinski definition) is 2. The molecule has 1 aromatic carbocycles. The Kier molecular flexibility index (Phi) is 4.09. The predicted octanol–water partition coefficient (Wildman–Crippen LogP) is 2.32. The van der Waals surface area contributed by atoms with Crippen molar-refractivity contribution < 1.29 is 9.53 Å². The van der Waals surface area contributed by atoms with Gasteiger partial charge in [0.1, 0.15) is 5.75 Å². The van der Waals surface area contributed by atoms with Crippen LogP contribution in [0.4, 0.5) is 0 Å². The summed E-state index contributed by atoms with van der Waals surface area (Å²) in [5, 5.41) is 13.5. The third-order valence-electron chi connectivity index (χ3n) is 3.72. The Morgan fingerprint density at radius 2 is 2.23 bits per heavy atom. The lowest BCUT2D eigenvalue weighted by Crippen LogP contribution is -2.24. The molecular weight excluding hydrogens is 280 g/mol. The number of aromatic nitrogens is 3. The number of benzene rings is 1. The van der Waals surface area contributed by atoms with Crippen LogP contribution in [0.2, 0.25) is 0 Å². The summed E-state index contributed by atoms with van der Waals surface area (Å²) in [5.41, 5.74) is 3.28. The van der Waals surface area contributed by atoms with Crippen molar-refractivity contribution in [2.24, 2.45) is 0 Å². The van der Waals surface area contributed by atoms with E-state index in [2.05, 4.69) is 20.7 Å². The summed E-state index contributed by atoms with van der Waals surface area (Å²) in [5.74, 6) is 1.00. The summed E-state index contributed by atoms with van der Waals surface area (Å²) in [6.45, 7) is 4.97. The Morgan fingerprint density at radius 3 is 2.95 bits per heavy atom. The molecule has 1 aliphatic rings. The minimum Gasteiger partial charge on any atom is -0.494 e. The first kappa shape index (κ1) is 14.6. The molecule has 2 aromatic rings. The van der Waals surface area contributed by atoms with E-state index in [1.807, 2.05) is 32.0 Å². The molecule has 0 aliphatic heterocycles. The summed E-state index contributed by atoms with van der Waals surface area (Å²) in [4.78, 5) is 12.3. The van der Waals surface area contributed by atoms with E-state index in [-0.39, 0.29) is 5.91 Å². The van der Waals surface area contributed by atoms with Crippen LogP contribution in [0.3, 0.4) is 0 Å². The molecule has 1 heterocycles. The smallest absolute Gasteiger partial charge is 0.274 e. The summed E-state index contributed by atoms with van der Waals surface area (Å²) in [7, 11) is 0. The Morgan fingerprint density at radius 1 is 1.41 bits per heavy atom. The maximum absolute atomic E-state index is 12.3. The van der Waals surface area contributed by atoms with E-state index in [4.69, 9.17) is 4.74 Å². The second-order valence-electron chi connectivity index (χ2n) is 5.56. The Bertz CT molecular complexity index is 677. The molecule has 0 spiro atoms. The number of carbonyl (C=O) groups is 1. The Labute approximate surface area is 129 Å². The normalized spacial score (nSPS) is 13.9. The first-order chi connectivity index (χ1) is 10.7. The number of carbonyl (C=O) groups excluding carboxylic acids is 1. The quantitative estimate of drug-likeness (QED) is 0.858. The molecule has 6 nitrogen and oxygen atoms in total. The zero-order valence-corrected chi connectivity index (χ0v) is 12.8. The lowest BCUT2D eigenvalue weighted by Gasteiger charge is -2.11. The molecule has 1 aliphatic carbocycles. The topological polar surface area (TPSA) is 79.9 Å². The summed E-state index contributed by atoms with van der Waals surface area (Å²) in [6, 6.07) is 5.97. The van der Waals surface area contributed by atoms with E-state index in [0.29, 0.717) is 24.8 Å². The SMILES string of the molecule is CCOc1cc(C)ccc1CNC(=O)c1n[nH]nc1C1CC1. The van der Waals surface area contributed by atoms with E-state index < -0.39 is 0 Å². The average molecular weight is 300 g/mol. The van der Waals surface area contributed by atoms with Crippen molar-refractivity contribution in [1.82, 2.24) is 20.7 Å². The Hall–Kier alpha value is -2.37. The first-order valence-electron chi connectivity index (χ1n) is 7.60. The number of nitrogens with zero attached hydrogens (tertiary/aromatic N) is 2. The lowest BCUT2D eigenvalue weighted by molar-refractivity contribution is 0.0944. The summed E-state index contributed by atoms with van der Waals surface area (Å²) < 4.78 is 5.63. The van der Waals surface area contributed by atoms with Crippen molar-refractivity contribution in [3.63, 3.8) is 0 Å². The molecule has 0 unspecified atom stereocenters. The third kappa shape index (κ3) is 3.10. The molecule has 116 valence electrons. The fraction of sp³-hybridized carbons (Fsp3) is 0.438. The third-order valence-corrected chi connectivity index (χ3v) is 3.72. The predicted molar refractivity (Wildman–Crippen MR) is 81.9 cm³/mol. The maximum atomic E-state index is 12.3. The number of ether oxygens (including phenoxy) is 1. The highest BCUT2D eigenvalue weighted by Gasteiger charge is 2.31. The molecule has 0 radical (unpaired) electrons. The average Bonchev–Trinajstić information content (AvgIpc) is 3.23. The van der Waals surface area contributed by atoms with Gasteiger partial charge in [-0.1, -0.05) is 12.1 Å². The van der Waals surface area contributed by atoms with Gasteiger partial charge in [0.25, 0.3) is 5.91 Å². The molecule has 0 atom stereocenters. The van der Waals surface area contributed by atoms with Crippen molar-refractivity contribution in [1.29, 1.82) is 0 Å². The molecule has 2 N–H and O–H groups in total. The van der Waals surface area contributed by atoms with Gasteiger partial charge in [-0.2, -0.15) is 15.4 Å². The number of aromatic amines is 1. The van der Waals surface area contributed by atoms with Gasteiger partial charge in [-0.3, -0.25) is 4.79 Å². The second-order valence-corrected chi connectivity index (χ2v) is 5.56. The Balaban J connectivity index is 1.69. The van der Waals surface area contributed by atoms with Gasteiger partial charge >= 0.3 is 0 Å². The fourth-order valence-corrected chi connectivity index (χ4v) is 2.40. The lowest BCUT2D eigenvalue weighted by atomic mass is 10.1. The molecule has 1 fully saturated rings. The molecular formula is C16H20N4O2. The van der Waals surface area contributed by atoms with Crippen LogP contribution in [0.25, 0.3) is 0 Å². The van der Waals surface area contributed by atoms with Crippen molar-refractivity contribution >= 4 is 5.91 Å². The summed E-state index contributed by atoms with van der Waals surface area (Å²) >= 11 is 0. The van der Waals surface area contributed by atoms with E-state index in [9.17, 15) is 4.79 Å². The van der Waals surface area contributed by atoms with Gasteiger partial charge in [0.15, 0.2) is 5.69 Å². The van der Waals surface area contributed by atoms with Crippen LogP contribution in [0.15, 0.2) is 18.2 Å². The van der Waals surface area contributed by atoms with Crippen LogP contribution in [0, 0.1) is 6.92 Å². The van der Waals surface area contributed by atoms with Crippen LogP contribution in [-0.4, -0.2) is 27.9 Å². The highest BCUT2D eigenvalue weighted by atomic mass is 16.5. The van der Waals surface area contributed by atoms with Gasteiger partial charge in [0.2, 0.25) is 0 Å². The van der Waals surface area contributed by atoms with Crippen molar-refractivity contribution in [3.8, 4) is 5.75 Å². The molecule has 1 amide bonds. The zero-order chi connectivity index (χ0) is 15.5. The number of aryl methyl sites for hydroxylation is 1. The van der Waals surface area contributed by atoms with Gasteiger partial charge in [0.05, 0.1) is 12.3 Å². The highest BCUT2D eigenvalue weighted by Crippen LogP contribution is 2.39. The molecule has 1 aromatic heterocycles. The minimum absolute atomic E-state index is 0.196. The van der Waals surface area contributed by atoms with E-state index in [0.717, 1.165) is 35.4 Å². The number of hydrogen-bond acceptors (Lipinski definition) is 4. The standard InChI is InChI=1S/C16H20N4O2/c1-3-22-13-8-10(2)4-5-12(13)9-17-16(21)15-14(11-6-7-11)18-20-19-15/h4-5,8,11H,3,6-7,9H2,1-2H3,(H,17,21)(H,18,19,20). The molecule has 22 heavy (non-hydrogen) atoms. The molecule has 1 saturated carbocycles. The van der Waals surface area contributed by atoms with Crippen LogP contribution in [-0.2, 0) is 6.54 Å². The largest absolute Gasteiger partial charge is 0.494 e. The van der Waals surface area contributed by atoms with Gasteiger partial charge in [-0.15, -0.1) is 0 Å². The molecule has 3 rings (SSSR count). The summed E-state index contributed by atoms with van der Waals surface area (Å²) in [6.07, 6.45) is 2.17.